The fraction of sp³-hybridized carbons (Fsp3) is 0.619. The number of nitrogens with zero attached hydrogens (tertiary/aromatic N) is 1. The highest BCUT2D eigenvalue weighted by Crippen LogP contribution is 2.44. The molecule has 4 rings (SSSR count). The first kappa shape index (κ1) is 16.6. The average molecular weight is 341 g/mol. The van der Waals surface area contributed by atoms with E-state index < -0.39 is 11.9 Å². The number of carbonyl (C=O) groups excluding carboxylic acids is 1. The Labute approximate surface area is 149 Å². The largest absolute Gasteiger partial charge is 0.481 e. The lowest BCUT2D eigenvalue weighted by Crippen LogP contribution is -2.57. The molecule has 25 heavy (non-hydrogen) atoms. The zero-order valence-electron chi connectivity index (χ0n) is 14.7. The van der Waals surface area contributed by atoms with Crippen LogP contribution < -0.4 is 0 Å². The minimum atomic E-state index is -0.779. The van der Waals surface area contributed by atoms with E-state index in [2.05, 4.69) is 0 Å². The first-order valence-corrected chi connectivity index (χ1v) is 9.83. The van der Waals surface area contributed by atoms with E-state index in [1.165, 1.54) is 6.42 Å². The Morgan fingerprint density at radius 2 is 1.60 bits per heavy atom. The molecule has 2 atom stereocenters. The molecule has 3 aliphatic rings. The molecule has 134 valence electrons. The molecule has 4 nitrogen and oxygen atoms in total. The van der Waals surface area contributed by atoms with Crippen LogP contribution in [-0.4, -0.2) is 34.0 Å². The van der Waals surface area contributed by atoms with Crippen molar-refractivity contribution >= 4 is 11.9 Å². The quantitative estimate of drug-likeness (QED) is 0.896. The van der Waals surface area contributed by atoms with Crippen molar-refractivity contribution in [2.45, 2.75) is 75.8 Å². The summed E-state index contributed by atoms with van der Waals surface area (Å²) in [7, 11) is 0. The fourth-order valence-corrected chi connectivity index (χ4v) is 5.43. The summed E-state index contributed by atoms with van der Waals surface area (Å²) in [5.74, 6) is -0.987. The molecule has 0 saturated heterocycles. The van der Waals surface area contributed by atoms with Gasteiger partial charge in [-0.15, -0.1) is 0 Å². The van der Waals surface area contributed by atoms with Gasteiger partial charge >= 0.3 is 5.97 Å². The maximum absolute atomic E-state index is 13.4. The van der Waals surface area contributed by atoms with Crippen LogP contribution in [0.2, 0.25) is 0 Å². The van der Waals surface area contributed by atoms with Crippen LogP contribution in [0.15, 0.2) is 24.3 Å². The molecule has 4 heteroatoms. The Morgan fingerprint density at radius 1 is 0.960 bits per heavy atom. The van der Waals surface area contributed by atoms with Crippen molar-refractivity contribution in [3.8, 4) is 0 Å². The smallest absolute Gasteiger partial charge is 0.313 e. The van der Waals surface area contributed by atoms with Gasteiger partial charge in [0.15, 0.2) is 0 Å². The zero-order valence-corrected chi connectivity index (χ0v) is 14.7. The molecule has 0 radical (unpaired) electrons. The molecular formula is C21H27NO3. The second-order valence-corrected chi connectivity index (χ2v) is 7.94. The molecule has 2 fully saturated rings. The standard InChI is InChI=1S/C21H27NO3/c23-20-17-13-7-6-12-16(17)18(21(24)25)19(14-8-2-1-3-9-14)22(20)15-10-4-5-11-15/h6-7,12-15,18-19H,1-5,8-11H2,(H,24,25). The molecule has 1 aliphatic heterocycles. The summed E-state index contributed by atoms with van der Waals surface area (Å²) in [4.78, 5) is 27.7. The first-order valence-electron chi connectivity index (χ1n) is 9.83. The van der Waals surface area contributed by atoms with E-state index >= 15 is 0 Å². The normalized spacial score (nSPS) is 28.2. The lowest BCUT2D eigenvalue weighted by Gasteiger charge is -2.48. The summed E-state index contributed by atoms with van der Waals surface area (Å²) < 4.78 is 0. The van der Waals surface area contributed by atoms with Crippen LogP contribution in [-0.2, 0) is 4.79 Å². The van der Waals surface area contributed by atoms with Gasteiger partial charge in [0, 0.05) is 11.6 Å². The highest BCUT2D eigenvalue weighted by molar-refractivity contribution is 6.00. The average Bonchev–Trinajstić information content (AvgIpc) is 3.16. The van der Waals surface area contributed by atoms with Gasteiger partial charge in [-0.1, -0.05) is 50.3 Å². The second-order valence-electron chi connectivity index (χ2n) is 7.94. The topological polar surface area (TPSA) is 57.6 Å². The van der Waals surface area contributed by atoms with Gasteiger partial charge in [-0.05, 0) is 43.2 Å². The monoisotopic (exact) mass is 341 g/mol. The summed E-state index contributed by atoms with van der Waals surface area (Å²) in [6, 6.07) is 7.42. The minimum absolute atomic E-state index is 0.0653. The number of carboxylic acids is 1. The molecule has 1 heterocycles. The number of fused-ring (bicyclic) bond motifs is 1. The Kier molecular flexibility index (Phi) is 4.53. The predicted octanol–water partition coefficient (Wildman–Crippen LogP) is 4.20. The molecule has 1 amide bonds. The van der Waals surface area contributed by atoms with Gasteiger partial charge in [-0.2, -0.15) is 0 Å². The summed E-state index contributed by atoms with van der Waals surface area (Å²) >= 11 is 0. The SMILES string of the molecule is O=C(O)C1c2ccccc2C(=O)N(C2CCCC2)C1C1CCCCC1. The second kappa shape index (κ2) is 6.81. The van der Waals surface area contributed by atoms with Crippen molar-refractivity contribution < 1.29 is 14.7 Å². The Balaban J connectivity index is 1.82. The van der Waals surface area contributed by atoms with E-state index in [0.717, 1.165) is 56.9 Å². The Morgan fingerprint density at radius 3 is 2.28 bits per heavy atom. The molecule has 2 aliphatic carbocycles. The number of rotatable bonds is 3. The van der Waals surface area contributed by atoms with Gasteiger partial charge in [-0.25, -0.2) is 0 Å². The molecule has 1 N–H and O–H groups in total. The minimum Gasteiger partial charge on any atom is -0.481 e. The lowest BCUT2D eigenvalue weighted by molar-refractivity contribution is -0.141. The van der Waals surface area contributed by atoms with Crippen molar-refractivity contribution in [2.24, 2.45) is 5.92 Å². The van der Waals surface area contributed by atoms with E-state index in [-0.39, 0.29) is 18.0 Å². The Hall–Kier alpha value is -1.84. The van der Waals surface area contributed by atoms with Crippen LogP contribution in [0.3, 0.4) is 0 Å². The van der Waals surface area contributed by atoms with Gasteiger partial charge in [0.25, 0.3) is 5.91 Å². The van der Waals surface area contributed by atoms with Crippen LogP contribution in [0, 0.1) is 5.92 Å². The fourth-order valence-electron chi connectivity index (χ4n) is 5.43. The number of aliphatic carboxylic acids is 1. The highest BCUT2D eigenvalue weighted by atomic mass is 16.4. The van der Waals surface area contributed by atoms with Crippen molar-refractivity contribution in [1.82, 2.24) is 4.90 Å². The van der Waals surface area contributed by atoms with Gasteiger partial charge in [-0.3, -0.25) is 9.59 Å². The lowest BCUT2D eigenvalue weighted by atomic mass is 9.72. The van der Waals surface area contributed by atoms with Crippen LogP contribution >= 0.6 is 0 Å². The van der Waals surface area contributed by atoms with Crippen molar-refractivity contribution in [1.29, 1.82) is 0 Å². The highest BCUT2D eigenvalue weighted by Gasteiger charge is 2.49. The van der Waals surface area contributed by atoms with Crippen LogP contribution in [0.25, 0.3) is 0 Å². The molecule has 0 aromatic heterocycles. The van der Waals surface area contributed by atoms with E-state index in [1.54, 1.807) is 0 Å². The third kappa shape index (κ3) is 2.86. The van der Waals surface area contributed by atoms with E-state index in [4.69, 9.17) is 0 Å². The van der Waals surface area contributed by atoms with Crippen LogP contribution in [0.5, 0.6) is 0 Å². The number of hydrogen-bond donors (Lipinski definition) is 1. The van der Waals surface area contributed by atoms with Gasteiger partial charge in [0.05, 0.1) is 6.04 Å². The van der Waals surface area contributed by atoms with Crippen LogP contribution in [0.4, 0.5) is 0 Å². The summed E-state index contributed by atoms with van der Waals surface area (Å²) in [5.41, 5.74) is 1.33. The first-order chi connectivity index (χ1) is 12.2. The van der Waals surface area contributed by atoms with Gasteiger partial charge in [0.2, 0.25) is 0 Å². The number of carboxylic acid groups (broad SMARTS) is 1. The molecule has 0 spiro atoms. The molecule has 0 bridgehead atoms. The summed E-state index contributed by atoms with van der Waals surface area (Å²) in [6.07, 6.45) is 9.96. The van der Waals surface area contributed by atoms with Crippen molar-refractivity contribution in [2.75, 3.05) is 0 Å². The number of amides is 1. The maximum Gasteiger partial charge on any atom is 0.313 e. The Bertz CT molecular complexity index is 659. The summed E-state index contributed by atoms with van der Waals surface area (Å²) in [5, 5.41) is 10.1. The predicted molar refractivity (Wildman–Crippen MR) is 95.6 cm³/mol. The van der Waals surface area contributed by atoms with E-state index in [9.17, 15) is 14.7 Å². The molecule has 1 aromatic carbocycles. The van der Waals surface area contributed by atoms with Crippen molar-refractivity contribution in [3.63, 3.8) is 0 Å². The van der Waals surface area contributed by atoms with Gasteiger partial charge in [0.1, 0.15) is 5.92 Å². The molecule has 1 aromatic rings. The summed E-state index contributed by atoms with van der Waals surface area (Å²) in [6.45, 7) is 0. The molecular weight excluding hydrogens is 314 g/mol. The maximum atomic E-state index is 13.4. The van der Waals surface area contributed by atoms with Crippen LogP contribution in [0.1, 0.15) is 79.6 Å². The number of carbonyl (C=O) groups is 2. The zero-order chi connectivity index (χ0) is 17.4. The third-order valence-electron chi connectivity index (χ3n) is 6.54. The molecule has 2 saturated carbocycles. The molecule has 2 unspecified atom stereocenters. The third-order valence-corrected chi connectivity index (χ3v) is 6.54. The van der Waals surface area contributed by atoms with E-state index in [0.29, 0.717) is 11.5 Å². The van der Waals surface area contributed by atoms with Gasteiger partial charge < -0.3 is 10.0 Å². The van der Waals surface area contributed by atoms with E-state index in [1.807, 2.05) is 29.2 Å². The van der Waals surface area contributed by atoms with Crippen molar-refractivity contribution in [3.05, 3.63) is 35.4 Å². The number of hydrogen-bond acceptors (Lipinski definition) is 2. The number of benzene rings is 1.